The van der Waals surface area contributed by atoms with Gasteiger partial charge >= 0.3 is 15.2 Å². The third-order valence-corrected chi connectivity index (χ3v) is 7.29. The topological polar surface area (TPSA) is 127 Å². The van der Waals surface area contributed by atoms with E-state index < -0.39 is 20.7 Å². The molecule has 0 saturated carbocycles. The SMILES string of the molecule is O=P(O)(O)C(NC1CCc2cc(Br)ccc2C1)P(=O)(O)O. The summed E-state index contributed by atoms with van der Waals surface area (Å²) in [6.07, 6.45) is 1.71. The lowest BCUT2D eigenvalue weighted by molar-refractivity contribution is 0.315. The molecule has 1 aliphatic rings. The van der Waals surface area contributed by atoms with E-state index in [2.05, 4.69) is 21.2 Å². The molecule has 0 heterocycles. The lowest BCUT2D eigenvalue weighted by Crippen LogP contribution is -2.41. The molecule has 1 aromatic carbocycles. The van der Waals surface area contributed by atoms with Crippen LogP contribution in [0.4, 0.5) is 0 Å². The van der Waals surface area contributed by atoms with Crippen molar-refractivity contribution in [3.63, 3.8) is 0 Å². The van der Waals surface area contributed by atoms with Crippen molar-refractivity contribution >= 4 is 31.1 Å². The number of hydrogen-bond acceptors (Lipinski definition) is 3. The van der Waals surface area contributed by atoms with Crippen LogP contribution in [-0.2, 0) is 22.0 Å². The minimum Gasteiger partial charge on any atom is -0.323 e. The second kappa shape index (κ2) is 6.22. The Morgan fingerprint density at radius 1 is 1.14 bits per heavy atom. The highest BCUT2D eigenvalue weighted by molar-refractivity contribution is 9.10. The Labute approximate surface area is 130 Å². The monoisotopic (exact) mass is 399 g/mol. The summed E-state index contributed by atoms with van der Waals surface area (Å²) in [7, 11) is -9.88. The van der Waals surface area contributed by atoms with Crippen molar-refractivity contribution in [2.45, 2.75) is 30.8 Å². The molecule has 5 N–H and O–H groups in total. The van der Waals surface area contributed by atoms with E-state index in [4.69, 9.17) is 19.6 Å². The van der Waals surface area contributed by atoms with Crippen LogP contribution < -0.4 is 5.32 Å². The Hall–Kier alpha value is -0.0400. The fourth-order valence-electron chi connectivity index (χ4n) is 2.47. The molecule has 0 spiro atoms. The molecule has 7 nitrogen and oxygen atoms in total. The van der Waals surface area contributed by atoms with Crippen molar-refractivity contribution in [1.82, 2.24) is 5.32 Å². The fraction of sp³-hybridized carbons (Fsp3) is 0.455. The summed E-state index contributed by atoms with van der Waals surface area (Å²) in [5.74, 6) is 0. The van der Waals surface area contributed by atoms with Gasteiger partial charge in [0, 0.05) is 10.5 Å². The van der Waals surface area contributed by atoms with Crippen LogP contribution >= 0.6 is 31.1 Å². The Morgan fingerprint density at radius 3 is 2.33 bits per heavy atom. The molecule has 2 rings (SSSR count). The zero-order valence-electron chi connectivity index (χ0n) is 10.9. The number of halogens is 1. The molecule has 0 aliphatic heterocycles. The van der Waals surface area contributed by atoms with Crippen molar-refractivity contribution in [2.75, 3.05) is 0 Å². The number of nitrogens with one attached hydrogen (secondary N) is 1. The van der Waals surface area contributed by atoms with Gasteiger partial charge in [-0.15, -0.1) is 0 Å². The molecule has 1 unspecified atom stereocenters. The van der Waals surface area contributed by atoms with Crippen molar-refractivity contribution in [3.05, 3.63) is 33.8 Å². The molecule has 10 heteroatoms. The Balaban J connectivity index is 2.16. The van der Waals surface area contributed by atoms with E-state index in [1.807, 2.05) is 18.2 Å². The van der Waals surface area contributed by atoms with Crippen molar-refractivity contribution in [2.24, 2.45) is 0 Å². The molecule has 1 aliphatic carbocycles. The summed E-state index contributed by atoms with van der Waals surface area (Å²) in [5.41, 5.74) is -0.00421. The highest BCUT2D eigenvalue weighted by atomic mass is 79.9. The molecular weight excluding hydrogens is 384 g/mol. The molecule has 0 aromatic heterocycles. The van der Waals surface area contributed by atoms with Gasteiger partial charge < -0.3 is 19.6 Å². The number of benzene rings is 1. The largest absolute Gasteiger partial charge is 0.354 e. The van der Waals surface area contributed by atoms with Gasteiger partial charge in [-0.3, -0.25) is 14.4 Å². The molecule has 21 heavy (non-hydrogen) atoms. The zero-order valence-corrected chi connectivity index (χ0v) is 14.3. The number of rotatable bonds is 4. The van der Waals surface area contributed by atoms with Crippen molar-refractivity contribution < 1.29 is 28.7 Å². The molecular formula is C11H16BrNO6P2. The number of aryl methyl sites for hydroxylation is 1. The first-order valence-electron chi connectivity index (χ1n) is 6.21. The smallest absolute Gasteiger partial charge is 0.323 e. The van der Waals surface area contributed by atoms with Crippen LogP contribution in [0.2, 0.25) is 0 Å². The normalized spacial score (nSPS) is 19.6. The lowest BCUT2D eigenvalue weighted by Gasteiger charge is -2.30. The maximum Gasteiger partial charge on any atom is 0.354 e. The van der Waals surface area contributed by atoms with E-state index in [1.54, 1.807) is 0 Å². The number of fused-ring (bicyclic) bond motifs is 1. The van der Waals surface area contributed by atoms with Crippen LogP contribution in [0.1, 0.15) is 17.5 Å². The fourth-order valence-corrected chi connectivity index (χ4v) is 5.25. The summed E-state index contributed by atoms with van der Waals surface area (Å²) < 4.78 is 23.5. The molecule has 118 valence electrons. The quantitative estimate of drug-likeness (QED) is 0.485. The van der Waals surface area contributed by atoms with Gasteiger partial charge in [-0.25, -0.2) is 0 Å². The van der Waals surface area contributed by atoms with Crippen molar-refractivity contribution in [3.8, 4) is 0 Å². The Bertz CT molecular complexity index is 605. The molecule has 0 saturated heterocycles. The van der Waals surface area contributed by atoms with E-state index >= 15 is 0 Å². The van der Waals surface area contributed by atoms with E-state index in [1.165, 1.54) is 0 Å². The van der Waals surface area contributed by atoms with Crippen LogP contribution in [-0.4, -0.2) is 31.1 Å². The average molecular weight is 400 g/mol. The van der Waals surface area contributed by atoms with Gasteiger partial charge in [0.2, 0.25) is 5.52 Å². The van der Waals surface area contributed by atoms with E-state index in [9.17, 15) is 9.13 Å². The predicted molar refractivity (Wildman–Crippen MR) is 81.0 cm³/mol. The first-order valence-corrected chi connectivity index (χ1v) is 10.4. The Morgan fingerprint density at radius 2 is 1.76 bits per heavy atom. The lowest BCUT2D eigenvalue weighted by atomic mass is 9.88. The van der Waals surface area contributed by atoms with Gasteiger partial charge in [0.05, 0.1) is 0 Å². The second-order valence-corrected chi connectivity index (χ2v) is 9.78. The summed E-state index contributed by atoms with van der Waals surface area (Å²) in [6, 6.07) is 5.36. The van der Waals surface area contributed by atoms with Crippen LogP contribution in [0, 0.1) is 0 Å². The number of hydrogen-bond donors (Lipinski definition) is 5. The maximum atomic E-state index is 11.3. The standard InChI is InChI=1S/C11H16BrNO6P2/c12-9-3-1-8-6-10(4-2-7(8)5-9)13-11(20(14,15)16)21(17,18)19/h1,3,5,10-11,13H,2,4,6H2,(H2,14,15,16)(H2,17,18,19). The molecule has 1 atom stereocenters. The molecule has 1 aromatic rings. The summed E-state index contributed by atoms with van der Waals surface area (Å²) in [6.45, 7) is 0. The first-order chi connectivity index (χ1) is 9.57. The van der Waals surface area contributed by atoms with Crippen LogP contribution in [0.25, 0.3) is 0 Å². The van der Waals surface area contributed by atoms with E-state index in [0.29, 0.717) is 19.3 Å². The third kappa shape index (κ3) is 4.47. The highest BCUT2D eigenvalue weighted by Gasteiger charge is 2.44. The van der Waals surface area contributed by atoms with Gasteiger partial charge in [-0.1, -0.05) is 22.0 Å². The Kier molecular flexibility index (Phi) is 5.13. The van der Waals surface area contributed by atoms with Crippen LogP contribution in [0.5, 0.6) is 0 Å². The third-order valence-electron chi connectivity index (χ3n) is 3.42. The van der Waals surface area contributed by atoms with Gasteiger partial charge in [-0.2, -0.15) is 0 Å². The van der Waals surface area contributed by atoms with Gasteiger partial charge in [0.25, 0.3) is 0 Å². The molecule has 0 bridgehead atoms. The predicted octanol–water partition coefficient (Wildman–Crippen LogP) is 1.53. The minimum atomic E-state index is -4.94. The summed E-state index contributed by atoms with van der Waals surface area (Å²) in [4.78, 5) is 36.5. The van der Waals surface area contributed by atoms with Crippen molar-refractivity contribution in [1.29, 1.82) is 0 Å². The average Bonchev–Trinajstić information content (AvgIpc) is 2.33. The van der Waals surface area contributed by atoms with Crippen LogP contribution in [0.15, 0.2) is 22.7 Å². The zero-order chi connectivity index (χ0) is 15.8. The minimum absolute atomic E-state index is 0.385. The maximum absolute atomic E-state index is 11.3. The molecule has 0 fully saturated rings. The van der Waals surface area contributed by atoms with E-state index in [0.717, 1.165) is 15.6 Å². The first kappa shape index (κ1) is 17.3. The molecule has 0 radical (unpaired) electrons. The van der Waals surface area contributed by atoms with Gasteiger partial charge in [0.15, 0.2) is 0 Å². The second-order valence-electron chi connectivity index (χ2n) is 5.07. The van der Waals surface area contributed by atoms with Gasteiger partial charge in [-0.05, 0) is 42.5 Å². The summed E-state index contributed by atoms with van der Waals surface area (Å²) in [5, 5.41) is 2.45. The van der Waals surface area contributed by atoms with Gasteiger partial charge in [0.1, 0.15) is 0 Å². The van der Waals surface area contributed by atoms with E-state index in [-0.39, 0.29) is 6.04 Å². The molecule has 0 amide bonds. The summed E-state index contributed by atoms with van der Waals surface area (Å²) >= 11 is 3.38. The van der Waals surface area contributed by atoms with Crippen LogP contribution in [0.3, 0.4) is 0 Å². The highest BCUT2D eigenvalue weighted by Crippen LogP contribution is 2.58.